The number of rotatable bonds is 10. The summed E-state index contributed by atoms with van der Waals surface area (Å²) in [5.41, 5.74) is 13.0. The Morgan fingerprint density at radius 1 is 0.736 bits per heavy atom. The summed E-state index contributed by atoms with van der Waals surface area (Å²) >= 11 is 0. The standard InChI is InChI=1S/C47H50N4O.Pd/c1-10-31-17-16-18-32(11-2)45(31)46-40(12-3)49-51(41(46)13-4)35-25-33(30(5)6)26-37(28-35)52-36-21-22-39-38-19-14-15-20-42(38)50(43(39)29-36)44-27-34(23-24-48-44)47(7,8)9;/h14-27,30H,10-13H2,1-9H3;/q-2;+2. The second-order valence-corrected chi connectivity index (χ2v) is 15.1. The Morgan fingerprint density at radius 3 is 2.13 bits per heavy atom. The van der Waals surface area contributed by atoms with Crippen LogP contribution in [-0.2, 0) is 51.5 Å². The van der Waals surface area contributed by atoms with E-state index in [0.29, 0.717) is 11.5 Å². The minimum atomic E-state index is -0.00798. The monoisotopic (exact) mass is 792 g/mol. The van der Waals surface area contributed by atoms with Gasteiger partial charge in [0, 0.05) is 34.5 Å². The SMILES string of the molecule is CCc1cccc(CC)c1-c1c(CC)nn(-c2[c-]c(Oc3[c-]c4c(cc3)c3ccccc3n4-c3cc(C(C)(C)C)ccn3)cc(C(C)C)c2)c1CC.[Pd+2]. The van der Waals surface area contributed by atoms with Crippen molar-refractivity contribution in [2.45, 2.75) is 99.3 Å². The first-order valence-corrected chi connectivity index (χ1v) is 19.0. The molecule has 0 spiro atoms. The number of ether oxygens (including phenoxy) is 1. The van der Waals surface area contributed by atoms with Crippen LogP contribution in [0.1, 0.15) is 102 Å². The third-order valence-electron chi connectivity index (χ3n) is 10.3. The molecule has 0 aliphatic heterocycles. The first kappa shape index (κ1) is 38.2. The number of aryl methyl sites for hydroxylation is 3. The van der Waals surface area contributed by atoms with Gasteiger partial charge in [-0.05, 0) is 88.5 Å². The molecule has 0 saturated carbocycles. The number of pyridine rings is 1. The molecule has 5 nitrogen and oxygen atoms in total. The molecule has 3 aromatic heterocycles. The Kier molecular flexibility index (Phi) is 11.2. The summed E-state index contributed by atoms with van der Waals surface area (Å²) in [7, 11) is 0. The zero-order chi connectivity index (χ0) is 36.7. The molecule has 3 heterocycles. The van der Waals surface area contributed by atoms with Crippen LogP contribution in [0, 0.1) is 12.1 Å². The Labute approximate surface area is 329 Å². The molecule has 0 atom stereocenters. The van der Waals surface area contributed by atoms with Crippen LogP contribution >= 0.6 is 0 Å². The van der Waals surface area contributed by atoms with E-state index >= 15 is 0 Å². The van der Waals surface area contributed by atoms with Gasteiger partial charge in [-0.2, -0.15) is 11.2 Å². The molecule has 6 heteroatoms. The van der Waals surface area contributed by atoms with E-state index in [4.69, 9.17) is 14.8 Å². The Bertz CT molecular complexity index is 2390. The predicted octanol–water partition coefficient (Wildman–Crippen LogP) is 12.1. The number of aromatic nitrogens is 4. The number of nitrogens with zero attached hydrogens (tertiary/aromatic N) is 4. The van der Waals surface area contributed by atoms with E-state index in [2.05, 4.69) is 156 Å². The van der Waals surface area contributed by atoms with E-state index in [1.807, 2.05) is 12.3 Å². The van der Waals surface area contributed by atoms with Crippen LogP contribution in [-0.4, -0.2) is 19.3 Å². The van der Waals surface area contributed by atoms with Crippen LogP contribution in [0.15, 0.2) is 85.1 Å². The average Bonchev–Trinajstić information content (AvgIpc) is 3.69. The molecule has 0 amide bonds. The van der Waals surface area contributed by atoms with Gasteiger partial charge < -0.3 is 9.30 Å². The summed E-state index contributed by atoms with van der Waals surface area (Å²) in [6.07, 6.45) is 5.56. The third-order valence-corrected chi connectivity index (χ3v) is 10.3. The second kappa shape index (κ2) is 15.5. The van der Waals surface area contributed by atoms with E-state index < -0.39 is 0 Å². The molecule has 7 aromatic rings. The summed E-state index contributed by atoms with van der Waals surface area (Å²) in [4.78, 5) is 4.85. The molecule has 0 bridgehead atoms. The van der Waals surface area contributed by atoms with Crippen LogP contribution in [0.4, 0.5) is 0 Å². The van der Waals surface area contributed by atoms with Crippen molar-refractivity contribution in [3.63, 3.8) is 0 Å². The summed E-state index contributed by atoms with van der Waals surface area (Å²) in [6.45, 7) is 20.1. The molecule has 0 aliphatic rings. The molecule has 274 valence electrons. The smallest absolute Gasteiger partial charge is 0.509 e. The Balaban J connectivity index is 0.00000481. The molecular weight excluding hydrogens is 743 g/mol. The number of benzene rings is 4. The van der Waals surface area contributed by atoms with Gasteiger partial charge in [-0.3, -0.25) is 4.68 Å². The number of fused-ring (bicyclic) bond motifs is 3. The van der Waals surface area contributed by atoms with E-state index in [1.54, 1.807) is 0 Å². The molecule has 7 rings (SSSR count). The van der Waals surface area contributed by atoms with Gasteiger partial charge in [-0.15, -0.1) is 41.3 Å². The fraction of sp³-hybridized carbons (Fsp3) is 0.319. The van der Waals surface area contributed by atoms with E-state index in [-0.39, 0.29) is 31.8 Å². The van der Waals surface area contributed by atoms with Crippen LogP contribution in [0.2, 0.25) is 0 Å². The number of hydrogen-bond acceptors (Lipinski definition) is 3. The van der Waals surface area contributed by atoms with E-state index in [0.717, 1.165) is 64.7 Å². The minimum absolute atomic E-state index is 0. The molecule has 0 fully saturated rings. The Morgan fingerprint density at radius 2 is 1.47 bits per heavy atom. The fourth-order valence-electron chi connectivity index (χ4n) is 7.48. The van der Waals surface area contributed by atoms with Crippen molar-refractivity contribution in [1.82, 2.24) is 19.3 Å². The van der Waals surface area contributed by atoms with Gasteiger partial charge >= 0.3 is 20.4 Å². The van der Waals surface area contributed by atoms with E-state index in [1.165, 1.54) is 39.1 Å². The van der Waals surface area contributed by atoms with Crippen molar-refractivity contribution in [2.75, 3.05) is 0 Å². The van der Waals surface area contributed by atoms with Crippen molar-refractivity contribution in [3.8, 4) is 34.1 Å². The fourth-order valence-corrected chi connectivity index (χ4v) is 7.48. The van der Waals surface area contributed by atoms with Gasteiger partial charge in [-0.1, -0.05) is 104 Å². The summed E-state index contributed by atoms with van der Waals surface area (Å²) < 4.78 is 11.0. The first-order chi connectivity index (χ1) is 25.1. The molecular formula is C47H50N4OPd. The van der Waals surface area contributed by atoms with Crippen molar-refractivity contribution >= 4 is 21.8 Å². The maximum absolute atomic E-state index is 6.71. The second-order valence-electron chi connectivity index (χ2n) is 15.1. The summed E-state index contributed by atoms with van der Waals surface area (Å²) in [6, 6.07) is 35.3. The maximum atomic E-state index is 6.71. The average molecular weight is 793 g/mol. The zero-order valence-electron chi connectivity index (χ0n) is 32.5. The quantitative estimate of drug-likeness (QED) is 0.102. The summed E-state index contributed by atoms with van der Waals surface area (Å²) in [5.74, 6) is 2.42. The van der Waals surface area contributed by atoms with Gasteiger partial charge in [0.2, 0.25) is 0 Å². The largest absolute Gasteiger partial charge is 2.00 e. The van der Waals surface area contributed by atoms with Crippen LogP contribution in [0.5, 0.6) is 11.5 Å². The van der Waals surface area contributed by atoms with Crippen LogP contribution < -0.4 is 4.74 Å². The zero-order valence-corrected chi connectivity index (χ0v) is 34.1. The number of para-hydroxylation sites is 1. The Hall–Kier alpha value is -4.50. The topological polar surface area (TPSA) is 44.9 Å². The van der Waals surface area contributed by atoms with Crippen molar-refractivity contribution < 1.29 is 25.2 Å². The van der Waals surface area contributed by atoms with Crippen molar-refractivity contribution in [2.24, 2.45) is 0 Å². The third kappa shape index (κ3) is 7.12. The van der Waals surface area contributed by atoms with Gasteiger partial charge in [0.25, 0.3) is 0 Å². The molecule has 0 radical (unpaired) electrons. The normalized spacial score (nSPS) is 11.8. The molecule has 0 aliphatic carbocycles. The van der Waals surface area contributed by atoms with Gasteiger partial charge in [0.05, 0.1) is 5.69 Å². The maximum Gasteiger partial charge on any atom is 2.00 e. The molecule has 0 saturated heterocycles. The number of hydrogen-bond donors (Lipinski definition) is 0. The van der Waals surface area contributed by atoms with Crippen LogP contribution in [0.25, 0.3) is 44.4 Å². The molecule has 53 heavy (non-hydrogen) atoms. The molecule has 0 N–H and O–H groups in total. The molecule has 0 unspecified atom stereocenters. The van der Waals surface area contributed by atoms with E-state index in [9.17, 15) is 0 Å². The minimum Gasteiger partial charge on any atom is -0.509 e. The first-order valence-electron chi connectivity index (χ1n) is 19.0. The van der Waals surface area contributed by atoms with Gasteiger partial charge in [0.1, 0.15) is 5.82 Å². The van der Waals surface area contributed by atoms with Crippen molar-refractivity contribution in [1.29, 1.82) is 0 Å². The summed E-state index contributed by atoms with van der Waals surface area (Å²) in [5, 5.41) is 7.55. The predicted molar refractivity (Wildman–Crippen MR) is 216 cm³/mol. The molecule has 4 aromatic carbocycles. The van der Waals surface area contributed by atoms with Crippen LogP contribution in [0.3, 0.4) is 0 Å². The van der Waals surface area contributed by atoms with Gasteiger partial charge in [-0.25, -0.2) is 4.98 Å². The van der Waals surface area contributed by atoms with Gasteiger partial charge in [0.15, 0.2) is 0 Å². The van der Waals surface area contributed by atoms with Crippen molar-refractivity contribution in [3.05, 3.63) is 131 Å².